The van der Waals surface area contributed by atoms with Crippen molar-refractivity contribution in [3.63, 3.8) is 0 Å². The van der Waals surface area contributed by atoms with Crippen LogP contribution in [0.15, 0.2) is 140 Å². The van der Waals surface area contributed by atoms with Crippen molar-refractivity contribution in [1.82, 2.24) is 4.40 Å². The second kappa shape index (κ2) is 8.13. The van der Waals surface area contributed by atoms with E-state index >= 15 is 0 Å². The topological polar surface area (TPSA) is 4.41 Å². The van der Waals surface area contributed by atoms with Crippen molar-refractivity contribution in [2.75, 3.05) is 0 Å². The molecule has 202 valence electrons. The number of benzene rings is 8. The molecular weight excluding hydrogens is 551 g/mol. The minimum absolute atomic E-state index is 1.27. The van der Waals surface area contributed by atoms with Gasteiger partial charge in [0.05, 0.1) is 21.3 Å². The first-order valence-corrected chi connectivity index (χ1v) is 16.0. The maximum absolute atomic E-state index is 2.53. The maximum Gasteiger partial charge on any atom is 0.0720 e. The molecule has 0 N–H and O–H groups in total. The Bertz CT molecular complexity index is 2960. The quantitative estimate of drug-likeness (QED) is 0.172. The van der Waals surface area contributed by atoms with Gasteiger partial charge >= 0.3 is 0 Å². The summed E-state index contributed by atoms with van der Waals surface area (Å²) in [5.41, 5.74) is 6.52. The lowest BCUT2D eigenvalue weighted by molar-refractivity contribution is 1.38. The highest BCUT2D eigenvalue weighted by Crippen LogP contribution is 2.47. The Kier molecular flexibility index (Phi) is 4.26. The zero-order valence-corrected chi connectivity index (χ0v) is 24.5. The highest BCUT2D eigenvalue weighted by molar-refractivity contribution is 7.27. The molecule has 11 rings (SSSR count). The third-order valence-electron chi connectivity index (χ3n) is 9.90. The summed E-state index contributed by atoms with van der Waals surface area (Å²) in [5.74, 6) is 0. The molecule has 1 nitrogen and oxygen atoms in total. The Morgan fingerprint density at radius 3 is 1.61 bits per heavy atom. The van der Waals surface area contributed by atoms with Crippen LogP contribution >= 0.6 is 11.3 Å². The third-order valence-corrected chi connectivity index (χ3v) is 11.2. The molecule has 0 saturated heterocycles. The largest absolute Gasteiger partial charge is 0.307 e. The summed E-state index contributed by atoms with van der Waals surface area (Å²) >= 11 is 1.95. The van der Waals surface area contributed by atoms with Gasteiger partial charge in [0.1, 0.15) is 0 Å². The van der Waals surface area contributed by atoms with E-state index in [1.54, 1.807) is 0 Å². The van der Waals surface area contributed by atoms with Gasteiger partial charge in [-0.2, -0.15) is 0 Å². The molecule has 0 aliphatic heterocycles. The zero-order valence-electron chi connectivity index (χ0n) is 23.6. The van der Waals surface area contributed by atoms with Gasteiger partial charge in [0.25, 0.3) is 0 Å². The molecular formula is C42H23NS. The fourth-order valence-electron chi connectivity index (χ4n) is 8.06. The summed E-state index contributed by atoms with van der Waals surface area (Å²) < 4.78 is 5.24. The number of aromatic nitrogens is 1. The summed E-state index contributed by atoms with van der Waals surface area (Å²) in [6.07, 6.45) is 0. The Morgan fingerprint density at radius 1 is 0.341 bits per heavy atom. The molecule has 2 heteroatoms. The number of rotatable bonds is 1. The van der Waals surface area contributed by atoms with Crippen molar-refractivity contribution in [2.24, 2.45) is 0 Å². The van der Waals surface area contributed by atoms with Crippen LogP contribution < -0.4 is 0 Å². The Balaban J connectivity index is 1.26. The van der Waals surface area contributed by atoms with E-state index in [0.29, 0.717) is 0 Å². The molecule has 0 aliphatic carbocycles. The van der Waals surface area contributed by atoms with Crippen LogP contribution in [0.1, 0.15) is 0 Å². The average molecular weight is 574 g/mol. The molecule has 11 aromatic rings. The maximum atomic E-state index is 2.53. The lowest BCUT2D eigenvalue weighted by Crippen LogP contribution is -1.85. The summed E-state index contributed by atoms with van der Waals surface area (Å²) in [6.45, 7) is 0. The van der Waals surface area contributed by atoms with Gasteiger partial charge < -0.3 is 4.40 Å². The number of para-hydroxylation sites is 2. The number of hydrogen-bond donors (Lipinski definition) is 0. The second-order valence-electron chi connectivity index (χ2n) is 12.0. The van der Waals surface area contributed by atoms with E-state index in [9.17, 15) is 0 Å². The summed E-state index contributed by atoms with van der Waals surface area (Å²) in [5, 5.41) is 15.9. The van der Waals surface area contributed by atoms with Crippen molar-refractivity contribution >= 4 is 102 Å². The molecule has 0 unspecified atom stereocenters. The minimum atomic E-state index is 1.27. The molecule has 0 fully saturated rings. The van der Waals surface area contributed by atoms with Crippen LogP contribution in [0.2, 0.25) is 0 Å². The first-order chi connectivity index (χ1) is 21.8. The van der Waals surface area contributed by atoms with Gasteiger partial charge in [0, 0.05) is 37.0 Å². The van der Waals surface area contributed by atoms with Crippen LogP contribution in [-0.2, 0) is 0 Å². The summed E-state index contributed by atoms with van der Waals surface area (Å²) in [4.78, 5) is 0. The van der Waals surface area contributed by atoms with Crippen molar-refractivity contribution in [2.45, 2.75) is 0 Å². The van der Waals surface area contributed by atoms with Gasteiger partial charge in [0.15, 0.2) is 0 Å². The predicted octanol–water partition coefficient (Wildman–Crippen LogP) is 12.3. The van der Waals surface area contributed by atoms with Gasteiger partial charge in [0.2, 0.25) is 0 Å². The molecule has 0 amide bonds. The van der Waals surface area contributed by atoms with Crippen LogP contribution in [-0.4, -0.2) is 4.40 Å². The van der Waals surface area contributed by atoms with Crippen LogP contribution in [0.3, 0.4) is 0 Å². The van der Waals surface area contributed by atoms with Gasteiger partial charge in [-0.25, -0.2) is 0 Å². The monoisotopic (exact) mass is 573 g/mol. The fraction of sp³-hybridized carbons (Fsp3) is 0. The normalized spacial score (nSPS) is 12.5. The summed E-state index contributed by atoms with van der Waals surface area (Å²) in [7, 11) is 0. The number of nitrogens with zero attached hydrogens (tertiary/aromatic N) is 1. The molecule has 0 aliphatic rings. The van der Waals surface area contributed by atoms with Gasteiger partial charge in [-0.15, -0.1) is 11.3 Å². The molecule has 0 radical (unpaired) electrons. The second-order valence-corrected chi connectivity index (χ2v) is 13.0. The lowest BCUT2D eigenvalue weighted by Gasteiger charge is -2.12. The highest BCUT2D eigenvalue weighted by Gasteiger charge is 2.21. The predicted molar refractivity (Wildman–Crippen MR) is 192 cm³/mol. The number of fused-ring (bicyclic) bond motifs is 16. The molecule has 8 aromatic carbocycles. The van der Waals surface area contributed by atoms with E-state index in [0.717, 1.165) is 0 Å². The van der Waals surface area contributed by atoms with Crippen molar-refractivity contribution in [1.29, 1.82) is 0 Å². The van der Waals surface area contributed by atoms with Gasteiger partial charge in [-0.3, -0.25) is 0 Å². The third kappa shape index (κ3) is 2.75. The van der Waals surface area contributed by atoms with Gasteiger partial charge in [-0.1, -0.05) is 127 Å². The van der Waals surface area contributed by atoms with E-state index in [4.69, 9.17) is 0 Å². The van der Waals surface area contributed by atoms with Crippen molar-refractivity contribution < 1.29 is 0 Å². The van der Waals surface area contributed by atoms with Gasteiger partial charge in [-0.05, 0) is 55.6 Å². The molecule has 0 atom stereocenters. The van der Waals surface area contributed by atoms with E-state index in [2.05, 4.69) is 144 Å². The first-order valence-electron chi connectivity index (χ1n) is 15.2. The van der Waals surface area contributed by atoms with Crippen molar-refractivity contribution in [3.8, 4) is 11.1 Å². The fourth-order valence-corrected chi connectivity index (χ4v) is 9.43. The van der Waals surface area contributed by atoms with E-state index < -0.39 is 0 Å². The molecule has 44 heavy (non-hydrogen) atoms. The van der Waals surface area contributed by atoms with E-state index in [1.165, 1.54) is 102 Å². The zero-order chi connectivity index (χ0) is 28.5. The van der Waals surface area contributed by atoms with E-state index in [1.807, 2.05) is 11.3 Å². The molecule has 3 heterocycles. The molecule has 0 spiro atoms. The molecule has 0 saturated carbocycles. The Labute approximate surface area is 256 Å². The molecule has 3 aromatic heterocycles. The summed E-state index contributed by atoms with van der Waals surface area (Å²) in [6, 6.07) is 51.9. The van der Waals surface area contributed by atoms with Crippen LogP contribution in [0.25, 0.3) is 102 Å². The highest BCUT2D eigenvalue weighted by atomic mass is 32.1. The smallest absolute Gasteiger partial charge is 0.0720 e. The minimum Gasteiger partial charge on any atom is -0.307 e. The lowest BCUT2D eigenvalue weighted by atomic mass is 9.92. The van der Waals surface area contributed by atoms with Crippen LogP contribution in [0, 0.1) is 0 Å². The SMILES string of the molecule is c1cc(-c2ccc3c4ccccc4c4ccccc4c3c2)c2sc3c(ccc4c5cccc6c7ccccc7n(c65)c43)c2c1. The molecule has 0 bridgehead atoms. The Morgan fingerprint density at radius 2 is 0.841 bits per heavy atom. The van der Waals surface area contributed by atoms with E-state index in [-0.39, 0.29) is 0 Å². The number of hydrogen-bond acceptors (Lipinski definition) is 1. The average Bonchev–Trinajstić information content (AvgIpc) is 3.75. The number of thiophene rings is 1. The van der Waals surface area contributed by atoms with Crippen LogP contribution in [0.5, 0.6) is 0 Å². The standard InChI is InChI=1S/C42H23NS/c1-2-11-28-26(9-1)27-10-3-4-12-29(27)37-23-24(19-20-30(28)37)25-14-7-17-35-36-22-21-34-33-16-8-15-32-31-13-5-6-18-38(31)43(39(32)33)40(34)42(36)44-41(25)35/h1-23H. The Hall–Kier alpha value is -5.44. The van der Waals surface area contributed by atoms with Crippen molar-refractivity contribution in [3.05, 3.63) is 140 Å². The first kappa shape index (κ1) is 23.1. The van der Waals surface area contributed by atoms with Crippen LogP contribution in [0.4, 0.5) is 0 Å².